The quantitative estimate of drug-likeness (QED) is 0.771. The maximum Gasteiger partial charge on any atom is 0.254 e. The lowest BCUT2D eigenvalue weighted by Crippen LogP contribution is -2.47. The molecule has 0 radical (unpaired) electrons. The zero-order valence-electron chi connectivity index (χ0n) is 16.4. The van der Waals surface area contributed by atoms with Gasteiger partial charge >= 0.3 is 0 Å². The molecule has 0 N–H and O–H groups in total. The van der Waals surface area contributed by atoms with Crippen molar-refractivity contribution in [2.24, 2.45) is 0 Å². The monoisotopic (exact) mass is 393 g/mol. The zero-order valence-corrected chi connectivity index (χ0v) is 17.2. The highest BCUT2D eigenvalue weighted by atomic mass is 32.2. The number of likely N-dealkylation sites (N-methyl/N-ethyl adjacent to an activating group) is 1. The van der Waals surface area contributed by atoms with Crippen molar-refractivity contribution in [2.75, 3.05) is 39.8 Å². The van der Waals surface area contributed by atoms with E-state index in [0.717, 1.165) is 38.8 Å². The molecular formula is C20H31N3O3S. The predicted octanol–water partition coefficient (Wildman–Crippen LogP) is 2.42. The fraction of sp³-hybridized carbons (Fsp3) is 0.650. The number of amides is 1. The second-order valence-electron chi connectivity index (χ2n) is 7.62. The minimum absolute atomic E-state index is 0.0557. The minimum atomic E-state index is -3.56. The van der Waals surface area contributed by atoms with Crippen molar-refractivity contribution in [3.63, 3.8) is 0 Å². The summed E-state index contributed by atoms with van der Waals surface area (Å²) < 4.78 is 27.5. The van der Waals surface area contributed by atoms with Gasteiger partial charge in [-0.3, -0.25) is 4.79 Å². The predicted molar refractivity (Wildman–Crippen MR) is 106 cm³/mol. The fourth-order valence-corrected chi connectivity index (χ4v) is 5.56. The number of carbonyl (C=O) groups is 1. The maximum atomic E-state index is 13.1. The molecule has 3 rings (SSSR count). The molecule has 1 aliphatic carbocycles. The van der Waals surface area contributed by atoms with Crippen molar-refractivity contribution < 1.29 is 13.2 Å². The van der Waals surface area contributed by atoms with Crippen LogP contribution in [0, 0.1) is 0 Å². The number of carbonyl (C=O) groups excluding carboxylic acids is 1. The van der Waals surface area contributed by atoms with Gasteiger partial charge in [0.1, 0.15) is 0 Å². The summed E-state index contributed by atoms with van der Waals surface area (Å²) >= 11 is 0. The molecule has 1 aliphatic heterocycles. The van der Waals surface area contributed by atoms with Crippen molar-refractivity contribution in [2.45, 2.75) is 50.0 Å². The highest BCUT2D eigenvalue weighted by Gasteiger charge is 2.29. The summed E-state index contributed by atoms with van der Waals surface area (Å²) in [6, 6.07) is 6.85. The summed E-state index contributed by atoms with van der Waals surface area (Å²) in [4.78, 5) is 17.3. The summed E-state index contributed by atoms with van der Waals surface area (Å²) in [5, 5.41) is 0. The van der Waals surface area contributed by atoms with E-state index in [2.05, 4.69) is 4.90 Å². The largest absolute Gasteiger partial charge is 0.336 e. The molecule has 1 amide bonds. The van der Waals surface area contributed by atoms with Crippen molar-refractivity contribution in [1.82, 2.24) is 14.1 Å². The number of rotatable bonds is 5. The number of benzene rings is 1. The van der Waals surface area contributed by atoms with E-state index in [4.69, 9.17) is 0 Å². The summed E-state index contributed by atoms with van der Waals surface area (Å²) in [7, 11) is -1.57. The van der Waals surface area contributed by atoms with E-state index < -0.39 is 10.0 Å². The van der Waals surface area contributed by atoms with Crippen LogP contribution in [-0.4, -0.2) is 74.2 Å². The van der Waals surface area contributed by atoms with E-state index >= 15 is 0 Å². The van der Waals surface area contributed by atoms with Crippen LogP contribution in [0.2, 0.25) is 0 Å². The molecule has 0 atom stereocenters. The molecule has 0 bridgehead atoms. The topological polar surface area (TPSA) is 60.9 Å². The van der Waals surface area contributed by atoms with Crippen LogP contribution >= 0.6 is 0 Å². The molecule has 1 heterocycles. The molecule has 1 saturated carbocycles. The third-order valence-electron chi connectivity index (χ3n) is 5.80. The Morgan fingerprint density at radius 2 is 1.78 bits per heavy atom. The van der Waals surface area contributed by atoms with Crippen molar-refractivity contribution in [3.05, 3.63) is 29.8 Å². The first kappa shape index (κ1) is 20.3. The van der Waals surface area contributed by atoms with Gasteiger partial charge in [-0.1, -0.05) is 25.3 Å². The smallest absolute Gasteiger partial charge is 0.254 e. The molecule has 6 nitrogen and oxygen atoms in total. The second kappa shape index (κ2) is 8.71. The van der Waals surface area contributed by atoms with E-state index in [1.54, 1.807) is 24.3 Å². The van der Waals surface area contributed by atoms with E-state index in [0.29, 0.717) is 25.2 Å². The van der Waals surface area contributed by atoms with Gasteiger partial charge in [0.2, 0.25) is 10.0 Å². The highest BCUT2D eigenvalue weighted by molar-refractivity contribution is 7.89. The van der Waals surface area contributed by atoms with Crippen LogP contribution in [0.15, 0.2) is 29.2 Å². The van der Waals surface area contributed by atoms with Crippen LogP contribution in [0.25, 0.3) is 0 Å². The van der Waals surface area contributed by atoms with E-state index in [1.807, 2.05) is 18.9 Å². The maximum absolute atomic E-state index is 13.1. The molecule has 27 heavy (non-hydrogen) atoms. The van der Waals surface area contributed by atoms with Gasteiger partial charge in [0, 0.05) is 44.3 Å². The summed E-state index contributed by atoms with van der Waals surface area (Å²) in [5.41, 5.74) is 0.470. The van der Waals surface area contributed by atoms with E-state index in [9.17, 15) is 13.2 Å². The van der Waals surface area contributed by atoms with Crippen LogP contribution in [0.4, 0.5) is 0 Å². The van der Waals surface area contributed by atoms with Gasteiger partial charge in [-0.05, 0) is 45.0 Å². The number of nitrogens with zero attached hydrogens (tertiary/aromatic N) is 3. The standard InChI is InChI=1S/C20H31N3O3S/c1-3-23(18-9-5-4-6-10-18)20(24)17-8-7-11-19(16-17)27(25,26)22-14-12-21(2)13-15-22/h7-8,11,16,18H,3-6,9-10,12-15H2,1-2H3. The summed E-state index contributed by atoms with van der Waals surface area (Å²) in [5.74, 6) is -0.0557. The molecule has 2 aliphatic rings. The van der Waals surface area contributed by atoms with Crippen molar-refractivity contribution in [1.29, 1.82) is 0 Å². The van der Waals surface area contributed by atoms with Crippen LogP contribution in [0.3, 0.4) is 0 Å². The molecule has 1 aromatic carbocycles. The van der Waals surface area contributed by atoms with Gasteiger partial charge in [-0.15, -0.1) is 0 Å². The zero-order chi connectivity index (χ0) is 19.4. The molecule has 0 aromatic heterocycles. The Hall–Kier alpha value is -1.44. The van der Waals surface area contributed by atoms with Gasteiger partial charge < -0.3 is 9.80 Å². The SMILES string of the molecule is CCN(C(=O)c1cccc(S(=O)(=O)N2CCN(C)CC2)c1)C1CCCCC1. The first-order valence-electron chi connectivity index (χ1n) is 10.0. The van der Waals surface area contributed by atoms with E-state index in [1.165, 1.54) is 10.7 Å². The third kappa shape index (κ3) is 4.52. The molecule has 1 saturated heterocycles. The lowest BCUT2D eigenvalue weighted by molar-refractivity contribution is 0.0647. The van der Waals surface area contributed by atoms with Crippen LogP contribution < -0.4 is 0 Å². The molecular weight excluding hydrogens is 362 g/mol. The molecule has 0 unspecified atom stereocenters. The normalized spacial score (nSPS) is 20.5. The molecule has 2 fully saturated rings. The van der Waals surface area contributed by atoms with Crippen molar-refractivity contribution in [3.8, 4) is 0 Å². The summed E-state index contributed by atoms with van der Waals surface area (Å²) in [6.45, 7) is 5.07. The molecule has 1 aromatic rings. The van der Waals surface area contributed by atoms with Crippen molar-refractivity contribution >= 4 is 15.9 Å². The van der Waals surface area contributed by atoms with E-state index in [-0.39, 0.29) is 16.8 Å². The number of sulfonamides is 1. The second-order valence-corrected chi connectivity index (χ2v) is 9.56. The summed E-state index contributed by atoms with van der Waals surface area (Å²) in [6.07, 6.45) is 5.64. The van der Waals surface area contributed by atoms with Gasteiger partial charge in [0.15, 0.2) is 0 Å². The van der Waals surface area contributed by atoms with Gasteiger partial charge in [-0.2, -0.15) is 4.31 Å². The Morgan fingerprint density at radius 3 is 2.41 bits per heavy atom. The molecule has 0 spiro atoms. The molecule has 7 heteroatoms. The average Bonchev–Trinajstić information content (AvgIpc) is 2.70. The van der Waals surface area contributed by atoms with Crippen LogP contribution in [0.1, 0.15) is 49.4 Å². The Kier molecular flexibility index (Phi) is 6.55. The highest BCUT2D eigenvalue weighted by Crippen LogP contribution is 2.25. The van der Waals surface area contributed by atoms with Gasteiger partial charge in [-0.25, -0.2) is 8.42 Å². The van der Waals surface area contributed by atoms with Gasteiger partial charge in [0.25, 0.3) is 5.91 Å². The third-order valence-corrected chi connectivity index (χ3v) is 7.69. The Labute approximate surface area is 163 Å². The number of hydrogen-bond donors (Lipinski definition) is 0. The van der Waals surface area contributed by atoms with Gasteiger partial charge in [0.05, 0.1) is 4.90 Å². The Balaban J connectivity index is 1.80. The molecule has 150 valence electrons. The Morgan fingerprint density at radius 1 is 1.11 bits per heavy atom. The number of piperazine rings is 1. The average molecular weight is 394 g/mol. The first-order valence-corrected chi connectivity index (χ1v) is 11.5. The van der Waals surface area contributed by atoms with Crippen LogP contribution in [0.5, 0.6) is 0 Å². The lowest BCUT2D eigenvalue weighted by atomic mass is 9.93. The fourth-order valence-electron chi connectivity index (χ4n) is 4.09. The minimum Gasteiger partial charge on any atom is -0.336 e. The number of hydrogen-bond acceptors (Lipinski definition) is 4. The Bertz CT molecular complexity index is 751. The lowest BCUT2D eigenvalue weighted by Gasteiger charge is -2.34. The van der Waals surface area contributed by atoms with Crippen LogP contribution in [-0.2, 0) is 10.0 Å². The first-order chi connectivity index (χ1) is 12.9.